The first kappa shape index (κ1) is 14.0. The molecule has 0 heterocycles. The van der Waals surface area contributed by atoms with Crippen molar-refractivity contribution in [2.45, 2.75) is 13.3 Å². The zero-order chi connectivity index (χ0) is 13.3. The normalized spacial score (nSPS) is 10.7. The van der Waals surface area contributed by atoms with E-state index in [1.807, 2.05) is 25.1 Å². The Labute approximate surface area is 126 Å². The highest BCUT2D eigenvalue weighted by Gasteiger charge is 2.09. The van der Waals surface area contributed by atoms with Crippen molar-refractivity contribution in [1.29, 1.82) is 0 Å². The Bertz CT molecular complexity index is 591. The maximum atomic E-state index is 6.20. The molecule has 0 saturated heterocycles. The Morgan fingerprint density at radius 3 is 2.06 bits per heavy atom. The van der Waals surface area contributed by atoms with Crippen LogP contribution in [0.3, 0.4) is 0 Å². The Morgan fingerprint density at radius 1 is 0.778 bits per heavy atom. The molecule has 0 aliphatic rings. The molecule has 94 valence electrons. The molecule has 0 atom stereocenters. The Morgan fingerprint density at radius 2 is 1.39 bits per heavy atom. The summed E-state index contributed by atoms with van der Waals surface area (Å²) in [6.07, 6.45) is 0.683. The first-order valence-corrected chi connectivity index (χ1v) is 6.87. The van der Waals surface area contributed by atoms with Gasteiger partial charge in [0.25, 0.3) is 0 Å². The number of benzene rings is 2. The topological polar surface area (TPSA) is 0 Å². The lowest BCUT2D eigenvalue weighted by Crippen LogP contribution is -1.94. The SMILES string of the molecule is Cc1c(Cl)ccc(Cl)c1Cc1ccc(Cl)c(Cl)c1. The Hall–Kier alpha value is -0.400. The fourth-order valence-electron chi connectivity index (χ4n) is 1.77. The monoisotopic (exact) mass is 318 g/mol. The smallest absolute Gasteiger partial charge is 0.0595 e. The summed E-state index contributed by atoms with van der Waals surface area (Å²) in [7, 11) is 0. The van der Waals surface area contributed by atoms with Crippen molar-refractivity contribution < 1.29 is 0 Å². The van der Waals surface area contributed by atoms with Crippen molar-refractivity contribution in [2.75, 3.05) is 0 Å². The van der Waals surface area contributed by atoms with Crippen LogP contribution in [-0.4, -0.2) is 0 Å². The van der Waals surface area contributed by atoms with E-state index >= 15 is 0 Å². The Kier molecular flexibility index (Phi) is 4.45. The number of hydrogen-bond acceptors (Lipinski definition) is 0. The van der Waals surface area contributed by atoms with Gasteiger partial charge in [-0.25, -0.2) is 0 Å². The van der Waals surface area contributed by atoms with Crippen molar-refractivity contribution in [3.05, 3.63) is 67.1 Å². The summed E-state index contributed by atoms with van der Waals surface area (Å²) in [5, 5.41) is 2.52. The molecule has 0 amide bonds. The van der Waals surface area contributed by atoms with Crippen LogP contribution in [0.2, 0.25) is 20.1 Å². The van der Waals surface area contributed by atoms with Crippen LogP contribution in [0.4, 0.5) is 0 Å². The van der Waals surface area contributed by atoms with Crippen molar-refractivity contribution in [1.82, 2.24) is 0 Å². The van der Waals surface area contributed by atoms with Crippen LogP contribution < -0.4 is 0 Å². The van der Waals surface area contributed by atoms with Gasteiger partial charge in [-0.05, 0) is 54.3 Å². The van der Waals surface area contributed by atoms with Gasteiger partial charge in [0.15, 0.2) is 0 Å². The largest absolute Gasteiger partial charge is 0.0840 e. The zero-order valence-electron chi connectivity index (χ0n) is 9.61. The second kappa shape index (κ2) is 5.71. The van der Waals surface area contributed by atoms with Gasteiger partial charge in [0, 0.05) is 10.0 Å². The molecule has 2 aromatic carbocycles. The highest BCUT2D eigenvalue weighted by atomic mass is 35.5. The van der Waals surface area contributed by atoms with Crippen LogP contribution in [0.25, 0.3) is 0 Å². The van der Waals surface area contributed by atoms with Crippen molar-refractivity contribution in [3.8, 4) is 0 Å². The summed E-state index contributed by atoms with van der Waals surface area (Å²) in [5.41, 5.74) is 3.06. The van der Waals surface area contributed by atoms with Gasteiger partial charge in [0.1, 0.15) is 0 Å². The summed E-state index contributed by atoms with van der Waals surface area (Å²) < 4.78 is 0. The van der Waals surface area contributed by atoms with Gasteiger partial charge < -0.3 is 0 Å². The van der Waals surface area contributed by atoms with Crippen LogP contribution in [-0.2, 0) is 6.42 Å². The molecule has 0 aliphatic carbocycles. The maximum Gasteiger partial charge on any atom is 0.0595 e. The summed E-state index contributed by atoms with van der Waals surface area (Å²) in [6.45, 7) is 1.96. The predicted molar refractivity (Wildman–Crippen MR) is 80.5 cm³/mol. The van der Waals surface area contributed by atoms with E-state index in [4.69, 9.17) is 46.4 Å². The highest BCUT2D eigenvalue weighted by Crippen LogP contribution is 2.30. The molecule has 0 nitrogen and oxygen atoms in total. The van der Waals surface area contributed by atoms with E-state index in [9.17, 15) is 0 Å². The lowest BCUT2D eigenvalue weighted by Gasteiger charge is -2.10. The van der Waals surface area contributed by atoms with E-state index in [0.29, 0.717) is 21.5 Å². The van der Waals surface area contributed by atoms with Gasteiger partial charge in [0.05, 0.1) is 10.0 Å². The zero-order valence-corrected chi connectivity index (χ0v) is 12.6. The molecule has 0 aliphatic heterocycles. The minimum absolute atomic E-state index is 0.546. The van der Waals surface area contributed by atoms with E-state index in [0.717, 1.165) is 21.7 Å². The van der Waals surface area contributed by atoms with Crippen LogP contribution in [0, 0.1) is 6.92 Å². The summed E-state index contributed by atoms with van der Waals surface area (Å²) in [6, 6.07) is 9.18. The molecule has 0 fully saturated rings. The molecule has 0 spiro atoms. The fraction of sp³-hybridized carbons (Fsp3) is 0.143. The van der Waals surface area contributed by atoms with Crippen LogP contribution in [0.5, 0.6) is 0 Å². The molecule has 0 unspecified atom stereocenters. The predicted octanol–water partition coefficient (Wildman–Crippen LogP) is 6.20. The summed E-state index contributed by atoms with van der Waals surface area (Å²) in [4.78, 5) is 0. The van der Waals surface area contributed by atoms with Gasteiger partial charge in [0.2, 0.25) is 0 Å². The van der Waals surface area contributed by atoms with Gasteiger partial charge in [-0.1, -0.05) is 52.5 Å². The van der Waals surface area contributed by atoms with Crippen LogP contribution in [0.15, 0.2) is 30.3 Å². The van der Waals surface area contributed by atoms with Gasteiger partial charge in [-0.2, -0.15) is 0 Å². The van der Waals surface area contributed by atoms with Crippen molar-refractivity contribution in [2.24, 2.45) is 0 Å². The van der Waals surface area contributed by atoms with E-state index in [1.165, 1.54) is 0 Å². The molecule has 0 aromatic heterocycles. The van der Waals surface area contributed by atoms with Gasteiger partial charge in [-0.15, -0.1) is 0 Å². The molecule has 0 bridgehead atoms. The Balaban J connectivity index is 2.39. The number of rotatable bonds is 2. The average molecular weight is 320 g/mol. The quantitative estimate of drug-likeness (QED) is 0.618. The van der Waals surface area contributed by atoms with Crippen LogP contribution in [0.1, 0.15) is 16.7 Å². The molecule has 0 radical (unpaired) electrons. The standard InChI is InChI=1S/C14H10Cl4/c1-8-10(12(16)5-4-11(8)15)6-9-2-3-13(17)14(18)7-9/h2-5,7H,6H2,1H3. The number of halogens is 4. The maximum absolute atomic E-state index is 6.20. The van der Waals surface area contributed by atoms with Crippen LogP contribution >= 0.6 is 46.4 Å². The molecule has 2 aromatic rings. The second-order valence-electron chi connectivity index (χ2n) is 4.06. The molecular weight excluding hydrogens is 310 g/mol. The average Bonchev–Trinajstić information content (AvgIpc) is 2.34. The molecule has 2 rings (SSSR count). The first-order valence-electron chi connectivity index (χ1n) is 5.36. The molecular formula is C14H10Cl4. The lowest BCUT2D eigenvalue weighted by molar-refractivity contribution is 1.16. The van der Waals surface area contributed by atoms with Crippen molar-refractivity contribution in [3.63, 3.8) is 0 Å². The second-order valence-corrected chi connectivity index (χ2v) is 5.69. The van der Waals surface area contributed by atoms with Gasteiger partial charge >= 0.3 is 0 Å². The van der Waals surface area contributed by atoms with E-state index in [-0.39, 0.29) is 0 Å². The number of hydrogen-bond donors (Lipinski definition) is 0. The van der Waals surface area contributed by atoms with E-state index in [2.05, 4.69) is 0 Å². The van der Waals surface area contributed by atoms with E-state index < -0.39 is 0 Å². The third-order valence-electron chi connectivity index (χ3n) is 2.84. The van der Waals surface area contributed by atoms with Crippen molar-refractivity contribution >= 4 is 46.4 Å². The minimum atomic E-state index is 0.546. The molecule has 0 N–H and O–H groups in total. The van der Waals surface area contributed by atoms with E-state index in [1.54, 1.807) is 12.1 Å². The highest BCUT2D eigenvalue weighted by molar-refractivity contribution is 6.42. The fourth-order valence-corrected chi connectivity index (χ4v) is 2.54. The minimum Gasteiger partial charge on any atom is -0.0840 e. The molecule has 0 saturated carbocycles. The summed E-state index contributed by atoms with van der Waals surface area (Å²) in [5.74, 6) is 0. The first-order chi connectivity index (χ1) is 8.49. The molecule has 4 heteroatoms. The summed E-state index contributed by atoms with van der Waals surface area (Å²) >= 11 is 24.2. The van der Waals surface area contributed by atoms with Gasteiger partial charge in [-0.3, -0.25) is 0 Å². The molecule has 18 heavy (non-hydrogen) atoms. The third-order valence-corrected chi connectivity index (χ3v) is 4.34. The third kappa shape index (κ3) is 2.95. The lowest BCUT2D eigenvalue weighted by atomic mass is 10.0.